The number of imide groups is 1. The molecule has 2 N–H and O–H groups in total. The molecule has 1 aromatic heterocycles. The van der Waals surface area contributed by atoms with Gasteiger partial charge in [-0.2, -0.15) is 0 Å². The molecule has 3 rings (SSSR count). The molecule has 4 amide bonds. The summed E-state index contributed by atoms with van der Waals surface area (Å²) >= 11 is 7.07. The molecular weight excluding hydrogens is 452 g/mol. The van der Waals surface area contributed by atoms with Gasteiger partial charge in [0.1, 0.15) is 5.54 Å². The summed E-state index contributed by atoms with van der Waals surface area (Å²) in [5, 5.41) is 4.41. The Hall–Kier alpha value is -2.63. The van der Waals surface area contributed by atoms with Gasteiger partial charge in [0.25, 0.3) is 11.8 Å². The topological polar surface area (TPSA) is 116 Å². The van der Waals surface area contributed by atoms with Gasteiger partial charge in [-0.1, -0.05) is 11.6 Å². The molecule has 0 atom stereocenters. The van der Waals surface area contributed by atoms with Crippen LogP contribution in [0.2, 0.25) is 5.02 Å². The summed E-state index contributed by atoms with van der Waals surface area (Å²) in [6.45, 7) is 3.29. The average Bonchev–Trinajstić information content (AvgIpc) is 3.13. The molecule has 0 radical (unpaired) electrons. The molecule has 12 heteroatoms. The van der Waals surface area contributed by atoms with Gasteiger partial charge < -0.3 is 10.2 Å². The van der Waals surface area contributed by atoms with E-state index in [2.05, 4.69) is 10.0 Å². The van der Waals surface area contributed by atoms with Gasteiger partial charge >= 0.3 is 6.03 Å². The van der Waals surface area contributed by atoms with Gasteiger partial charge in [0.2, 0.25) is 10.0 Å². The molecule has 30 heavy (non-hydrogen) atoms. The second kappa shape index (κ2) is 7.56. The summed E-state index contributed by atoms with van der Waals surface area (Å²) in [6, 6.07) is 5.27. The lowest BCUT2D eigenvalue weighted by Crippen LogP contribution is -2.41. The van der Waals surface area contributed by atoms with E-state index in [1.807, 2.05) is 0 Å². The number of hydrogen-bond acceptors (Lipinski definition) is 6. The van der Waals surface area contributed by atoms with Gasteiger partial charge in [-0.15, -0.1) is 11.3 Å². The van der Waals surface area contributed by atoms with E-state index in [1.165, 1.54) is 29.2 Å². The summed E-state index contributed by atoms with van der Waals surface area (Å²) in [5.74, 6) is -0.878. The minimum Gasteiger partial charge on any atom is -0.321 e. The average molecular weight is 471 g/mol. The zero-order valence-electron chi connectivity index (χ0n) is 16.5. The van der Waals surface area contributed by atoms with E-state index in [1.54, 1.807) is 26.3 Å². The number of amides is 4. The third-order valence-corrected chi connectivity index (χ3v) is 6.31. The number of carbonyl (C=O) groups is 3. The van der Waals surface area contributed by atoms with Crippen LogP contribution in [0, 0.1) is 0 Å². The van der Waals surface area contributed by atoms with Crippen LogP contribution in [0.1, 0.15) is 23.5 Å². The highest BCUT2D eigenvalue weighted by atomic mass is 35.5. The van der Waals surface area contributed by atoms with Crippen molar-refractivity contribution in [3.05, 3.63) is 39.5 Å². The van der Waals surface area contributed by atoms with Crippen molar-refractivity contribution in [2.24, 2.45) is 0 Å². The van der Waals surface area contributed by atoms with Gasteiger partial charge in [-0.25, -0.2) is 18.1 Å². The molecule has 9 nitrogen and oxygen atoms in total. The Morgan fingerprint density at radius 3 is 2.33 bits per heavy atom. The van der Waals surface area contributed by atoms with Crippen molar-refractivity contribution in [3.63, 3.8) is 0 Å². The van der Waals surface area contributed by atoms with Crippen LogP contribution in [0.4, 0.5) is 21.9 Å². The molecule has 2 aromatic rings. The number of anilines is 3. The normalized spacial score (nSPS) is 16.2. The number of nitrogens with zero attached hydrogens (tertiary/aromatic N) is 2. The minimum absolute atomic E-state index is 0.200. The fourth-order valence-electron chi connectivity index (χ4n) is 2.81. The predicted molar refractivity (Wildman–Crippen MR) is 117 cm³/mol. The number of carbonyl (C=O) groups excluding carboxylic acids is 3. The maximum Gasteiger partial charge on any atom is 0.332 e. The van der Waals surface area contributed by atoms with Crippen LogP contribution in [0.25, 0.3) is 0 Å². The highest BCUT2D eigenvalue weighted by Gasteiger charge is 2.50. The van der Waals surface area contributed by atoms with Crippen LogP contribution in [0.5, 0.6) is 0 Å². The summed E-state index contributed by atoms with van der Waals surface area (Å²) in [4.78, 5) is 40.3. The van der Waals surface area contributed by atoms with E-state index in [0.717, 1.165) is 22.5 Å². The molecule has 0 spiro atoms. The Balaban J connectivity index is 1.81. The second-order valence-electron chi connectivity index (χ2n) is 7.27. The number of urea groups is 1. The second-order valence-corrected chi connectivity index (χ2v) is 10.4. The lowest BCUT2D eigenvalue weighted by molar-refractivity contribution is -0.123. The third kappa shape index (κ3) is 4.27. The van der Waals surface area contributed by atoms with Crippen LogP contribution in [-0.2, 0) is 14.8 Å². The van der Waals surface area contributed by atoms with Crippen LogP contribution in [-0.4, -0.2) is 50.0 Å². The van der Waals surface area contributed by atoms with Crippen molar-refractivity contribution < 1.29 is 22.8 Å². The maximum absolute atomic E-state index is 12.6. The molecule has 0 saturated carbocycles. The van der Waals surface area contributed by atoms with Gasteiger partial charge in [0.15, 0.2) is 0 Å². The van der Waals surface area contributed by atoms with Crippen LogP contribution >= 0.6 is 22.9 Å². The number of benzene rings is 1. The SMILES string of the molecule is CN1C(=O)N(c2csc(C(=O)Nc3cc(Cl)cc(NS(C)(=O)=O)c3)c2)C(=O)C1(C)C. The number of likely N-dealkylation sites (N-methyl/N-ethyl adjacent to an activating group) is 1. The first-order valence-corrected chi connectivity index (χ1v) is 11.7. The zero-order chi connectivity index (χ0) is 22.4. The first-order chi connectivity index (χ1) is 13.8. The summed E-state index contributed by atoms with van der Waals surface area (Å²) in [7, 11) is -1.97. The minimum atomic E-state index is -3.51. The number of rotatable bonds is 5. The van der Waals surface area contributed by atoms with Crippen LogP contribution in [0.3, 0.4) is 0 Å². The fourth-order valence-corrected chi connectivity index (χ4v) is 4.36. The van der Waals surface area contributed by atoms with Gasteiger partial charge in [-0.05, 0) is 38.1 Å². The van der Waals surface area contributed by atoms with Gasteiger partial charge in [0, 0.05) is 23.1 Å². The Kier molecular flexibility index (Phi) is 5.56. The third-order valence-electron chi connectivity index (χ3n) is 4.57. The molecule has 0 unspecified atom stereocenters. The van der Waals surface area contributed by atoms with Crippen LogP contribution in [0.15, 0.2) is 29.6 Å². The van der Waals surface area contributed by atoms with E-state index >= 15 is 0 Å². The van der Waals surface area contributed by atoms with Crippen molar-refractivity contribution >= 4 is 67.9 Å². The Labute approximate surface area is 182 Å². The van der Waals surface area contributed by atoms with E-state index in [0.29, 0.717) is 5.69 Å². The Morgan fingerprint density at radius 1 is 1.13 bits per heavy atom. The molecule has 1 saturated heterocycles. The largest absolute Gasteiger partial charge is 0.332 e. The van der Waals surface area contributed by atoms with Crippen molar-refractivity contribution in [1.82, 2.24) is 4.90 Å². The van der Waals surface area contributed by atoms with E-state index in [-0.39, 0.29) is 27.2 Å². The maximum atomic E-state index is 12.6. The summed E-state index contributed by atoms with van der Waals surface area (Å²) < 4.78 is 25.1. The highest BCUT2D eigenvalue weighted by Crippen LogP contribution is 2.33. The van der Waals surface area contributed by atoms with Crippen LogP contribution < -0.4 is 14.9 Å². The monoisotopic (exact) mass is 470 g/mol. The van der Waals surface area contributed by atoms with Crippen molar-refractivity contribution in [2.45, 2.75) is 19.4 Å². The van der Waals surface area contributed by atoms with E-state index < -0.39 is 27.5 Å². The molecule has 1 aliphatic rings. The van der Waals surface area contributed by atoms with E-state index in [9.17, 15) is 22.8 Å². The standard InChI is InChI=1S/C18H19ClN4O5S2/c1-18(2)16(25)23(17(26)22(18)3)13-8-14(29-9-13)15(24)20-11-5-10(19)6-12(7-11)21-30(4,27)28/h5-9,21H,1-4H3,(H,20,24). The number of nitrogens with one attached hydrogen (secondary N) is 2. The molecule has 1 aliphatic heterocycles. The molecule has 160 valence electrons. The summed E-state index contributed by atoms with van der Waals surface area (Å²) in [5.41, 5.74) is -0.192. The molecular formula is C18H19ClN4O5S2. The fraction of sp³-hybridized carbons (Fsp3) is 0.278. The first-order valence-electron chi connectivity index (χ1n) is 8.60. The number of thiophene rings is 1. The lowest BCUT2D eigenvalue weighted by atomic mass is 10.1. The van der Waals surface area contributed by atoms with Gasteiger partial charge in [0.05, 0.1) is 22.5 Å². The Bertz CT molecular complexity index is 1160. The van der Waals surface area contributed by atoms with Gasteiger partial charge in [-0.3, -0.25) is 14.3 Å². The quantitative estimate of drug-likeness (QED) is 0.651. The number of hydrogen-bond donors (Lipinski definition) is 2. The smallest absolute Gasteiger partial charge is 0.321 e. The molecule has 2 heterocycles. The van der Waals surface area contributed by atoms with Crippen molar-refractivity contribution in [1.29, 1.82) is 0 Å². The molecule has 1 aromatic carbocycles. The predicted octanol–water partition coefficient (Wildman–Crippen LogP) is 3.20. The molecule has 1 fully saturated rings. The zero-order valence-corrected chi connectivity index (χ0v) is 18.9. The Morgan fingerprint density at radius 2 is 1.77 bits per heavy atom. The van der Waals surface area contributed by atoms with Crippen molar-refractivity contribution in [2.75, 3.05) is 28.2 Å². The number of halogens is 1. The first kappa shape index (κ1) is 22.1. The van der Waals surface area contributed by atoms with E-state index in [4.69, 9.17) is 11.6 Å². The molecule has 0 bridgehead atoms. The number of sulfonamides is 1. The van der Waals surface area contributed by atoms with Crippen molar-refractivity contribution in [3.8, 4) is 0 Å². The summed E-state index contributed by atoms with van der Waals surface area (Å²) in [6.07, 6.45) is 0.999. The highest BCUT2D eigenvalue weighted by molar-refractivity contribution is 7.92. The lowest BCUT2D eigenvalue weighted by Gasteiger charge is -2.22. The molecule has 0 aliphatic carbocycles.